The molecule has 0 N–H and O–H groups in total. The van der Waals surface area contributed by atoms with E-state index < -0.39 is 0 Å². The van der Waals surface area contributed by atoms with Crippen molar-refractivity contribution in [3.05, 3.63) is 139 Å². The Morgan fingerprint density at radius 2 is 1.39 bits per heavy atom. The van der Waals surface area contributed by atoms with E-state index in [1.807, 2.05) is 85.8 Å². The van der Waals surface area contributed by atoms with E-state index in [9.17, 15) is 0 Å². The van der Waals surface area contributed by atoms with Gasteiger partial charge in [0.2, 0.25) is 0 Å². The van der Waals surface area contributed by atoms with Gasteiger partial charge in [-0.05, 0) is 67.6 Å². The average molecular weight is 468 g/mol. The van der Waals surface area contributed by atoms with Gasteiger partial charge in [0.05, 0.1) is 22.4 Å². The van der Waals surface area contributed by atoms with E-state index in [4.69, 9.17) is 9.72 Å². The Morgan fingerprint density at radius 3 is 2.08 bits per heavy atom. The maximum Gasteiger partial charge on any atom is 0.151 e. The normalized spacial score (nSPS) is 12.9. The van der Waals surface area contributed by atoms with E-state index in [0.29, 0.717) is 0 Å². The minimum atomic E-state index is 0.805. The first-order valence-corrected chi connectivity index (χ1v) is 12.0. The van der Waals surface area contributed by atoms with Gasteiger partial charge in [0, 0.05) is 17.0 Å². The molecule has 36 heavy (non-hydrogen) atoms. The Kier molecular flexibility index (Phi) is 5.47. The molecule has 1 aromatic heterocycles. The largest absolute Gasteiger partial charge is 0.453 e. The Bertz CT molecular complexity index is 1600. The van der Waals surface area contributed by atoms with Crippen LogP contribution in [0.4, 0.5) is 11.4 Å². The third-order valence-electron chi connectivity index (χ3n) is 6.21. The fourth-order valence-corrected chi connectivity index (χ4v) is 4.66. The first-order valence-electron chi connectivity index (χ1n) is 12.0. The van der Waals surface area contributed by atoms with E-state index in [2.05, 4.69) is 58.5 Å². The monoisotopic (exact) mass is 467 g/mol. The van der Waals surface area contributed by atoms with Crippen LogP contribution in [0.3, 0.4) is 0 Å². The summed E-state index contributed by atoms with van der Waals surface area (Å²) >= 11 is 0. The molecule has 6 rings (SSSR count). The molecule has 4 aromatic carbocycles. The second-order valence-electron chi connectivity index (χ2n) is 8.56. The van der Waals surface area contributed by atoms with Crippen molar-refractivity contribution < 1.29 is 4.74 Å². The van der Waals surface area contributed by atoms with Crippen molar-refractivity contribution in [3.8, 4) is 17.2 Å². The van der Waals surface area contributed by atoms with Gasteiger partial charge in [0.15, 0.2) is 11.5 Å². The van der Waals surface area contributed by atoms with Gasteiger partial charge in [0.25, 0.3) is 0 Å². The van der Waals surface area contributed by atoms with Crippen molar-refractivity contribution in [3.63, 3.8) is 0 Å². The smallest absolute Gasteiger partial charge is 0.151 e. The number of hydrogen-bond acceptors (Lipinski definition) is 3. The van der Waals surface area contributed by atoms with E-state index in [1.165, 1.54) is 0 Å². The lowest BCUT2D eigenvalue weighted by atomic mass is 10.1. The second-order valence-corrected chi connectivity index (χ2v) is 8.56. The summed E-state index contributed by atoms with van der Waals surface area (Å²) in [6, 6.07) is 34.7. The summed E-state index contributed by atoms with van der Waals surface area (Å²) in [5.74, 6) is 2.43. The summed E-state index contributed by atoms with van der Waals surface area (Å²) in [5, 5.41) is 0. The molecule has 1 aliphatic heterocycles. The van der Waals surface area contributed by atoms with Gasteiger partial charge in [0.1, 0.15) is 5.82 Å². The fraction of sp³-hybridized carbons (Fsp3) is 0.0312. The van der Waals surface area contributed by atoms with E-state index in [-0.39, 0.29) is 0 Å². The molecule has 5 aromatic rings. The van der Waals surface area contributed by atoms with Crippen LogP contribution in [-0.4, -0.2) is 9.55 Å². The highest BCUT2D eigenvalue weighted by Gasteiger charge is 2.26. The molecule has 0 fully saturated rings. The van der Waals surface area contributed by atoms with Crippen LogP contribution >= 0.6 is 0 Å². The highest BCUT2D eigenvalue weighted by atomic mass is 16.5. The van der Waals surface area contributed by atoms with Crippen LogP contribution in [0.15, 0.2) is 134 Å². The molecule has 0 amide bonds. The number of imidazole rings is 1. The standard InChI is InChI=1S/C32H25N3O/c1-3-13-25(34-28-18-9-11-20-30(28)36-31-21-12-10-19-29(31)34)22-23(2)32-33-26-16-7-8-17-27(26)35(32)24-14-5-4-6-15-24/h3-22H,2H2,1H3/b13-3-,25-22+. The van der Waals surface area contributed by atoms with Gasteiger partial charge >= 0.3 is 0 Å². The highest BCUT2D eigenvalue weighted by molar-refractivity contribution is 5.87. The number of benzene rings is 4. The van der Waals surface area contributed by atoms with E-state index >= 15 is 0 Å². The summed E-state index contributed by atoms with van der Waals surface area (Å²) < 4.78 is 8.38. The number of anilines is 2. The quantitative estimate of drug-likeness (QED) is 0.243. The number of hydrogen-bond donors (Lipinski definition) is 0. The van der Waals surface area contributed by atoms with Crippen molar-refractivity contribution in [2.45, 2.75) is 6.92 Å². The van der Waals surface area contributed by atoms with Crippen LogP contribution in [0.2, 0.25) is 0 Å². The van der Waals surface area contributed by atoms with Crippen LogP contribution in [-0.2, 0) is 0 Å². The lowest BCUT2D eigenvalue weighted by Crippen LogP contribution is -2.20. The van der Waals surface area contributed by atoms with Crippen molar-refractivity contribution >= 4 is 28.0 Å². The Balaban J connectivity index is 1.53. The molecule has 174 valence electrons. The van der Waals surface area contributed by atoms with Crippen molar-refractivity contribution in [2.24, 2.45) is 0 Å². The molecule has 0 saturated heterocycles. The number of nitrogens with zero attached hydrogens (tertiary/aromatic N) is 3. The molecule has 4 heteroatoms. The zero-order valence-corrected chi connectivity index (χ0v) is 20.0. The minimum absolute atomic E-state index is 0.805. The van der Waals surface area contributed by atoms with Crippen LogP contribution in [0.5, 0.6) is 11.5 Å². The third kappa shape index (κ3) is 3.69. The number of aromatic nitrogens is 2. The molecular formula is C32H25N3O. The van der Waals surface area contributed by atoms with Crippen molar-refractivity contribution in [2.75, 3.05) is 4.90 Å². The summed E-state index contributed by atoms with van der Waals surface area (Å²) in [6.45, 7) is 6.51. The fourth-order valence-electron chi connectivity index (χ4n) is 4.66. The average Bonchev–Trinajstić information content (AvgIpc) is 3.32. The molecule has 4 nitrogen and oxygen atoms in total. The second kappa shape index (κ2) is 9.08. The van der Waals surface area contributed by atoms with Gasteiger partial charge in [-0.2, -0.15) is 0 Å². The molecule has 0 spiro atoms. The summed E-state index contributed by atoms with van der Waals surface area (Å²) in [4.78, 5) is 7.20. The van der Waals surface area contributed by atoms with E-state index in [1.54, 1.807) is 0 Å². The summed E-state index contributed by atoms with van der Waals surface area (Å²) in [6.07, 6.45) is 6.24. The molecule has 0 unspecified atom stereocenters. The zero-order valence-electron chi connectivity index (χ0n) is 20.0. The maximum absolute atomic E-state index is 6.21. The number of fused-ring (bicyclic) bond motifs is 3. The number of allylic oxidation sites excluding steroid dienone is 4. The molecular weight excluding hydrogens is 442 g/mol. The van der Waals surface area contributed by atoms with Crippen LogP contribution in [0.1, 0.15) is 12.7 Å². The summed E-state index contributed by atoms with van der Waals surface area (Å²) in [5.41, 5.74) is 6.76. The topological polar surface area (TPSA) is 30.3 Å². The van der Waals surface area contributed by atoms with Crippen LogP contribution in [0, 0.1) is 0 Å². The Hall–Kier alpha value is -4.83. The molecule has 0 radical (unpaired) electrons. The molecule has 0 atom stereocenters. The predicted molar refractivity (Wildman–Crippen MR) is 148 cm³/mol. The van der Waals surface area contributed by atoms with Gasteiger partial charge in [-0.3, -0.25) is 4.57 Å². The predicted octanol–water partition coefficient (Wildman–Crippen LogP) is 8.44. The van der Waals surface area contributed by atoms with Gasteiger partial charge in [-0.25, -0.2) is 4.98 Å². The van der Waals surface area contributed by atoms with Crippen molar-refractivity contribution in [1.29, 1.82) is 0 Å². The number of para-hydroxylation sites is 7. The zero-order chi connectivity index (χ0) is 24.5. The minimum Gasteiger partial charge on any atom is -0.453 e. The molecule has 0 bridgehead atoms. The third-order valence-corrected chi connectivity index (χ3v) is 6.21. The van der Waals surface area contributed by atoms with E-state index in [0.717, 1.165) is 56.7 Å². The van der Waals surface area contributed by atoms with Gasteiger partial charge in [-0.15, -0.1) is 0 Å². The number of rotatable bonds is 5. The van der Waals surface area contributed by atoms with Crippen LogP contribution < -0.4 is 9.64 Å². The summed E-state index contributed by atoms with van der Waals surface area (Å²) in [7, 11) is 0. The van der Waals surface area contributed by atoms with Crippen molar-refractivity contribution in [1.82, 2.24) is 9.55 Å². The SMILES string of the molecule is C=C(/C=C(\C=C/C)N1c2ccccc2Oc2ccccc21)c1nc2ccccc2n1-c1ccccc1. The van der Waals surface area contributed by atoms with Gasteiger partial charge < -0.3 is 9.64 Å². The highest BCUT2D eigenvalue weighted by Crippen LogP contribution is 2.48. The molecule has 0 aliphatic carbocycles. The Morgan fingerprint density at radius 1 is 0.778 bits per heavy atom. The Labute approximate surface area is 210 Å². The molecule has 0 saturated carbocycles. The first-order chi connectivity index (χ1) is 17.7. The maximum atomic E-state index is 6.21. The van der Waals surface area contributed by atoms with Gasteiger partial charge in [-0.1, -0.05) is 67.3 Å². The van der Waals surface area contributed by atoms with Crippen LogP contribution in [0.25, 0.3) is 22.3 Å². The molecule has 2 heterocycles. The lowest BCUT2D eigenvalue weighted by molar-refractivity contribution is 0.476. The lowest BCUT2D eigenvalue weighted by Gasteiger charge is -2.33. The molecule has 1 aliphatic rings. The number of ether oxygens (including phenoxy) is 1. The first kappa shape index (κ1) is 21.7.